The van der Waals surface area contributed by atoms with Crippen LogP contribution in [0.3, 0.4) is 0 Å². The quantitative estimate of drug-likeness (QED) is 0.759. The van der Waals surface area contributed by atoms with Crippen LogP contribution in [0, 0.1) is 6.92 Å². The number of hydrogen-bond acceptors (Lipinski definition) is 4. The number of rotatable bonds is 5. The van der Waals surface area contributed by atoms with Gasteiger partial charge in [0.1, 0.15) is 11.5 Å². The van der Waals surface area contributed by atoms with Crippen LogP contribution in [0.15, 0.2) is 22.6 Å². The van der Waals surface area contributed by atoms with Crippen molar-refractivity contribution in [3.05, 3.63) is 29.7 Å². The van der Waals surface area contributed by atoms with E-state index in [0.717, 1.165) is 12.2 Å². The number of aromatic nitrogens is 2. The van der Waals surface area contributed by atoms with Crippen molar-refractivity contribution in [1.82, 2.24) is 15.5 Å². The Bertz CT molecular complexity index is 556. The number of nitrogens with one attached hydrogen (secondary N) is 2. The summed E-state index contributed by atoms with van der Waals surface area (Å²) in [7, 11) is 0. The Labute approximate surface area is 111 Å². The van der Waals surface area contributed by atoms with Crippen molar-refractivity contribution in [2.75, 3.05) is 6.54 Å². The third-order valence-electron chi connectivity index (χ3n) is 2.70. The van der Waals surface area contributed by atoms with Crippen molar-refractivity contribution in [3.8, 4) is 11.5 Å². The van der Waals surface area contributed by atoms with Gasteiger partial charge in [-0.2, -0.15) is 5.10 Å². The first-order valence-electron chi connectivity index (χ1n) is 6.22. The Morgan fingerprint density at radius 3 is 3.00 bits per heavy atom. The van der Waals surface area contributed by atoms with E-state index < -0.39 is 0 Å². The Morgan fingerprint density at radius 2 is 2.37 bits per heavy atom. The number of carbonyl (C=O) groups excluding carboxylic acids is 1. The lowest BCUT2D eigenvalue weighted by Crippen LogP contribution is -2.29. The second-order valence-corrected chi connectivity index (χ2v) is 4.60. The molecule has 6 heteroatoms. The molecule has 4 N–H and O–H groups in total. The molecule has 0 fully saturated rings. The summed E-state index contributed by atoms with van der Waals surface area (Å²) >= 11 is 0. The highest BCUT2D eigenvalue weighted by molar-refractivity contribution is 5.93. The van der Waals surface area contributed by atoms with Gasteiger partial charge in [0.15, 0.2) is 11.5 Å². The number of furan rings is 1. The van der Waals surface area contributed by atoms with Crippen LogP contribution in [0.4, 0.5) is 0 Å². The Kier molecular flexibility index (Phi) is 4.01. The van der Waals surface area contributed by atoms with Crippen molar-refractivity contribution < 1.29 is 9.21 Å². The van der Waals surface area contributed by atoms with Crippen molar-refractivity contribution in [2.45, 2.75) is 26.3 Å². The number of aromatic amines is 1. The van der Waals surface area contributed by atoms with Crippen LogP contribution >= 0.6 is 0 Å². The Hall–Kier alpha value is -2.08. The maximum Gasteiger partial charge on any atom is 0.271 e. The molecule has 0 aliphatic carbocycles. The van der Waals surface area contributed by atoms with E-state index in [0.29, 0.717) is 23.7 Å². The molecule has 1 unspecified atom stereocenters. The van der Waals surface area contributed by atoms with Gasteiger partial charge in [-0.1, -0.05) is 0 Å². The molecule has 0 saturated heterocycles. The van der Waals surface area contributed by atoms with Crippen LogP contribution in [0.5, 0.6) is 0 Å². The minimum Gasteiger partial charge on any atom is -0.460 e. The summed E-state index contributed by atoms with van der Waals surface area (Å²) in [4.78, 5) is 11.8. The maximum absolute atomic E-state index is 11.8. The fourth-order valence-corrected chi connectivity index (χ4v) is 1.65. The normalized spacial score (nSPS) is 12.4. The topological polar surface area (TPSA) is 96.9 Å². The predicted octanol–water partition coefficient (Wildman–Crippen LogP) is 1.45. The zero-order chi connectivity index (χ0) is 13.8. The highest BCUT2D eigenvalue weighted by Gasteiger charge is 2.12. The minimum atomic E-state index is -0.216. The number of hydrogen-bond donors (Lipinski definition) is 3. The Balaban J connectivity index is 1.98. The van der Waals surface area contributed by atoms with Gasteiger partial charge in [-0.15, -0.1) is 0 Å². The molecule has 102 valence electrons. The highest BCUT2D eigenvalue weighted by atomic mass is 16.3. The molecule has 2 aromatic heterocycles. The van der Waals surface area contributed by atoms with Crippen molar-refractivity contribution in [3.63, 3.8) is 0 Å². The third kappa shape index (κ3) is 3.45. The van der Waals surface area contributed by atoms with Gasteiger partial charge in [0, 0.05) is 18.7 Å². The first-order valence-corrected chi connectivity index (χ1v) is 6.22. The molecule has 0 spiro atoms. The molecule has 0 radical (unpaired) electrons. The maximum atomic E-state index is 11.8. The van der Waals surface area contributed by atoms with E-state index in [9.17, 15) is 4.79 Å². The highest BCUT2D eigenvalue weighted by Crippen LogP contribution is 2.20. The molecule has 6 nitrogen and oxygen atoms in total. The number of nitrogens with two attached hydrogens (primary N) is 1. The molecule has 0 saturated carbocycles. The molecule has 0 bridgehead atoms. The number of carbonyl (C=O) groups is 1. The van der Waals surface area contributed by atoms with Gasteiger partial charge in [-0.3, -0.25) is 9.89 Å². The average Bonchev–Trinajstić information content (AvgIpc) is 2.96. The molecule has 1 amide bonds. The molecule has 2 aromatic rings. The number of aryl methyl sites for hydroxylation is 1. The van der Waals surface area contributed by atoms with E-state index in [1.165, 1.54) is 0 Å². The molecule has 0 aromatic carbocycles. The summed E-state index contributed by atoms with van der Waals surface area (Å²) in [5.74, 6) is 1.26. The first kappa shape index (κ1) is 13.4. The molecule has 2 heterocycles. The van der Waals surface area contributed by atoms with E-state index in [1.54, 1.807) is 6.07 Å². The average molecular weight is 262 g/mol. The summed E-state index contributed by atoms with van der Waals surface area (Å²) in [6.07, 6.45) is 0.737. The fourth-order valence-electron chi connectivity index (χ4n) is 1.65. The van der Waals surface area contributed by atoms with Crippen molar-refractivity contribution in [1.29, 1.82) is 0 Å². The molecule has 2 rings (SSSR count). The van der Waals surface area contributed by atoms with E-state index in [2.05, 4.69) is 15.5 Å². The van der Waals surface area contributed by atoms with Gasteiger partial charge < -0.3 is 15.5 Å². The van der Waals surface area contributed by atoms with Crippen LogP contribution < -0.4 is 11.1 Å². The third-order valence-corrected chi connectivity index (χ3v) is 2.70. The van der Waals surface area contributed by atoms with Crippen LogP contribution in [0.1, 0.15) is 29.6 Å². The van der Waals surface area contributed by atoms with E-state index in [4.69, 9.17) is 10.2 Å². The van der Waals surface area contributed by atoms with Gasteiger partial charge in [-0.05, 0) is 32.4 Å². The largest absolute Gasteiger partial charge is 0.460 e. The summed E-state index contributed by atoms with van der Waals surface area (Å²) in [6.45, 7) is 4.30. The van der Waals surface area contributed by atoms with Gasteiger partial charge in [0.25, 0.3) is 5.91 Å². The van der Waals surface area contributed by atoms with Gasteiger partial charge in [0.05, 0.1) is 0 Å². The summed E-state index contributed by atoms with van der Waals surface area (Å²) in [6, 6.07) is 5.43. The van der Waals surface area contributed by atoms with Crippen LogP contribution in [-0.2, 0) is 0 Å². The molecule has 0 aliphatic heterocycles. The SMILES string of the molecule is Cc1ccc(-c2cc(C(=O)NCCC(C)N)n[nH]2)o1. The van der Waals surface area contributed by atoms with Crippen LogP contribution in [0.25, 0.3) is 11.5 Å². The first-order chi connectivity index (χ1) is 9.06. The second-order valence-electron chi connectivity index (χ2n) is 4.60. The van der Waals surface area contributed by atoms with E-state index in [1.807, 2.05) is 26.0 Å². The summed E-state index contributed by atoms with van der Waals surface area (Å²) < 4.78 is 5.46. The van der Waals surface area contributed by atoms with Crippen molar-refractivity contribution >= 4 is 5.91 Å². The van der Waals surface area contributed by atoms with Gasteiger partial charge >= 0.3 is 0 Å². The zero-order valence-corrected chi connectivity index (χ0v) is 11.1. The molecule has 19 heavy (non-hydrogen) atoms. The summed E-state index contributed by atoms with van der Waals surface area (Å²) in [5.41, 5.74) is 6.64. The molecule has 0 aliphatic rings. The lowest BCUT2D eigenvalue weighted by Gasteiger charge is -2.05. The zero-order valence-electron chi connectivity index (χ0n) is 11.1. The van der Waals surface area contributed by atoms with Crippen LogP contribution in [0.2, 0.25) is 0 Å². The lowest BCUT2D eigenvalue weighted by molar-refractivity contribution is 0.0948. The van der Waals surface area contributed by atoms with Gasteiger partial charge in [0.2, 0.25) is 0 Å². The van der Waals surface area contributed by atoms with Crippen LogP contribution in [-0.4, -0.2) is 28.7 Å². The van der Waals surface area contributed by atoms with Gasteiger partial charge in [-0.25, -0.2) is 0 Å². The minimum absolute atomic E-state index is 0.0705. The standard InChI is InChI=1S/C13H18N4O2/c1-8(14)5-6-15-13(18)11-7-10(16-17-11)12-4-3-9(2)19-12/h3-4,7-8H,5-6,14H2,1-2H3,(H,15,18)(H,16,17). The lowest BCUT2D eigenvalue weighted by atomic mass is 10.2. The molecular weight excluding hydrogens is 244 g/mol. The summed E-state index contributed by atoms with van der Waals surface area (Å²) in [5, 5.41) is 9.53. The van der Waals surface area contributed by atoms with E-state index in [-0.39, 0.29) is 11.9 Å². The smallest absolute Gasteiger partial charge is 0.271 e. The Morgan fingerprint density at radius 1 is 1.58 bits per heavy atom. The van der Waals surface area contributed by atoms with Crippen molar-refractivity contribution in [2.24, 2.45) is 5.73 Å². The molecular formula is C13H18N4O2. The predicted molar refractivity (Wildman–Crippen MR) is 71.6 cm³/mol. The number of nitrogens with zero attached hydrogens (tertiary/aromatic N) is 1. The number of H-pyrrole nitrogens is 1. The number of amides is 1. The molecule has 1 atom stereocenters. The fraction of sp³-hybridized carbons (Fsp3) is 0.385. The van der Waals surface area contributed by atoms with E-state index >= 15 is 0 Å². The second kappa shape index (κ2) is 5.71. The monoisotopic (exact) mass is 262 g/mol.